The number of carboxylic acid groups (broad SMARTS) is 1. The number of rotatable bonds is 7. The molecular formula is C28H37ClFN7O6. The van der Waals surface area contributed by atoms with Crippen LogP contribution in [0.4, 0.5) is 4.39 Å². The molecule has 3 saturated carbocycles. The Hall–Kier alpha value is -4.17. The maximum atomic E-state index is 13.3. The number of hydrogen-bond acceptors (Lipinski definition) is 9. The fourth-order valence-corrected chi connectivity index (χ4v) is 5.42. The average Bonchev–Trinajstić information content (AvgIpc) is 3.42. The van der Waals surface area contributed by atoms with Gasteiger partial charge in [-0.05, 0) is 74.6 Å². The predicted octanol–water partition coefficient (Wildman–Crippen LogP) is 2.82. The van der Waals surface area contributed by atoms with Gasteiger partial charge in [0, 0.05) is 12.6 Å². The SMILES string of the molecule is C.COC(=O)C12CCC(CN)(CC1)CC2.Cc1cc(CNC(=O)c2cc(C(=O)O)n3nc(C(N)=O)nc3n2)ccc1F.Cl. The van der Waals surface area contributed by atoms with Gasteiger partial charge in [0.15, 0.2) is 5.69 Å². The lowest BCUT2D eigenvalue weighted by atomic mass is 9.54. The highest BCUT2D eigenvalue weighted by molar-refractivity contribution is 5.96. The first-order chi connectivity index (χ1) is 19.4. The second kappa shape index (κ2) is 13.9. The lowest BCUT2D eigenvalue weighted by Crippen LogP contribution is -2.49. The summed E-state index contributed by atoms with van der Waals surface area (Å²) in [5, 5.41) is 15.5. The normalized spacial score (nSPS) is 20.1. The topological polar surface area (TPSA) is 205 Å². The van der Waals surface area contributed by atoms with Gasteiger partial charge in [-0.15, -0.1) is 17.5 Å². The molecule has 6 rings (SSSR count). The third-order valence-electron chi connectivity index (χ3n) is 8.11. The van der Waals surface area contributed by atoms with Crippen LogP contribution in [0.5, 0.6) is 0 Å². The van der Waals surface area contributed by atoms with Crippen LogP contribution in [0.2, 0.25) is 0 Å². The van der Waals surface area contributed by atoms with Gasteiger partial charge in [-0.2, -0.15) is 9.50 Å². The molecule has 3 fully saturated rings. The number of nitrogens with zero attached hydrogens (tertiary/aromatic N) is 4. The Morgan fingerprint density at radius 1 is 1.09 bits per heavy atom. The summed E-state index contributed by atoms with van der Waals surface area (Å²) in [6.45, 7) is 2.45. The van der Waals surface area contributed by atoms with Crippen LogP contribution in [0.15, 0.2) is 24.3 Å². The summed E-state index contributed by atoms with van der Waals surface area (Å²) in [7, 11) is 1.50. The fraction of sp³-hybridized carbons (Fsp3) is 0.464. The number of amides is 2. The first-order valence-corrected chi connectivity index (χ1v) is 13.1. The molecule has 0 unspecified atom stereocenters. The quantitative estimate of drug-likeness (QED) is 0.284. The molecule has 15 heteroatoms. The first kappa shape index (κ1) is 35.0. The number of aromatic nitrogens is 4. The Labute approximate surface area is 254 Å². The van der Waals surface area contributed by atoms with E-state index in [0.29, 0.717) is 16.5 Å². The molecule has 3 aliphatic rings. The van der Waals surface area contributed by atoms with Crippen molar-refractivity contribution in [1.82, 2.24) is 24.9 Å². The van der Waals surface area contributed by atoms with Crippen LogP contribution >= 0.6 is 12.4 Å². The lowest BCUT2D eigenvalue weighted by molar-refractivity contribution is -0.162. The number of carbonyl (C=O) groups excluding carboxylic acids is 3. The Morgan fingerprint density at radius 2 is 1.72 bits per heavy atom. The highest BCUT2D eigenvalue weighted by Crippen LogP contribution is 2.56. The van der Waals surface area contributed by atoms with Crippen LogP contribution in [0.1, 0.15) is 88.7 Å². The molecule has 43 heavy (non-hydrogen) atoms. The van der Waals surface area contributed by atoms with E-state index >= 15 is 0 Å². The van der Waals surface area contributed by atoms with Gasteiger partial charge in [-0.3, -0.25) is 14.4 Å². The zero-order valence-corrected chi connectivity index (χ0v) is 24.0. The van der Waals surface area contributed by atoms with E-state index in [1.54, 1.807) is 13.0 Å². The number of methoxy groups -OCH3 is 1. The lowest BCUT2D eigenvalue weighted by Gasteiger charge is -2.51. The zero-order chi connectivity index (χ0) is 29.9. The second-order valence-corrected chi connectivity index (χ2v) is 10.6. The number of aryl methyl sites for hydroxylation is 1. The van der Waals surface area contributed by atoms with E-state index in [9.17, 15) is 28.7 Å². The number of hydrogen-bond donors (Lipinski definition) is 4. The minimum Gasteiger partial charge on any atom is -0.477 e. The molecule has 0 spiro atoms. The van der Waals surface area contributed by atoms with E-state index < -0.39 is 29.3 Å². The number of primary amides is 1. The molecule has 0 atom stereocenters. The number of carboxylic acids is 1. The van der Waals surface area contributed by atoms with Crippen LogP contribution in [0, 0.1) is 23.6 Å². The van der Waals surface area contributed by atoms with Crippen molar-refractivity contribution in [2.75, 3.05) is 13.7 Å². The van der Waals surface area contributed by atoms with Gasteiger partial charge in [0.05, 0.1) is 12.5 Å². The standard InChI is InChI=1S/C16H13FN6O4.C11H19NO2.CH4.ClH/c1-7-4-8(2-3-9(7)17)6-19-14(25)10-5-11(15(26)27)23-16(20-10)21-13(22-23)12(18)24;1-14-9(13)11-5-2-10(8-12,3-6-11)4-7-11;;/h2-5H,6H2,1H3,(H2,18,24)(H,19,25)(H,26,27);2-8,12H2,1H3;1H4;1H. The Bertz CT molecular complexity index is 1500. The van der Waals surface area contributed by atoms with Gasteiger partial charge in [0.25, 0.3) is 17.6 Å². The highest BCUT2D eigenvalue weighted by atomic mass is 35.5. The van der Waals surface area contributed by atoms with E-state index in [1.165, 1.54) is 19.2 Å². The molecule has 2 aromatic heterocycles. The van der Waals surface area contributed by atoms with Gasteiger partial charge < -0.3 is 26.6 Å². The first-order valence-electron chi connectivity index (χ1n) is 13.1. The minimum atomic E-state index is -1.40. The van der Waals surface area contributed by atoms with Gasteiger partial charge in [-0.1, -0.05) is 19.6 Å². The molecule has 2 heterocycles. The van der Waals surface area contributed by atoms with E-state index in [-0.39, 0.29) is 55.1 Å². The summed E-state index contributed by atoms with van der Waals surface area (Å²) >= 11 is 0. The molecule has 234 valence electrons. The number of nitrogens with one attached hydrogen (secondary N) is 1. The molecule has 2 bridgehead atoms. The molecule has 2 amide bonds. The summed E-state index contributed by atoms with van der Waals surface area (Å²) in [5.41, 5.74) is 11.5. The van der Waals surface area contributed by atoms with E-state index in [1.807, 2.05) is 0 Å². The zero-order valence-electron chi connectivity index (χ0n) is 23.2. The predicted molar refractivity (Wildman–Crippen MR) is 156 cm³/mol. The van der Waals surface area contributed by atoms with Gasteiger partial charge in [0.2, 0.25) is 5.82 Å². The summed E-state index contributed by atoms with van der Waals surface area (Å²) in [6, 6.07) is 5.37. The van der Waals surface area contributed by atoms with E-state index in [4.69, 9.17) is 16.2 Å². The second-order valence-electron chi connectivity index (χ2n) is 10.6. The summed E-state index contributed by atoms with van der Waals surface area (Å²) < 4.78 is 19.0. The molecule has 13 nitrogen and oxygen atoms in total. The number of halogens is 2. The van der Waals surface area contributed by atoms with Crippen molar-refractivity contribution in [1.29, 1.82) is 0 Å². The molecular weight excluding hydrogens is 585 g/mol. The van der Waals surface area contributed by atoms with Crippen molar-refractivity contribution in [2.24, 2.45) is 22.3 Å². The van der Waals surface area contributed by atoms with Crippen molar-refractivity contribution in [2.45, 2.75) is 59.4 Å². The van der Waals surface area contributed by atoms with Gasteiger partial charge in [0.1, 0.15) is 11.5 Å². The fourth-order valence-electron chi connectivity index (χ4n) is 5.42. The number of fused-ring (bicyclic) bond motifs is 4. The Morgan fingerprint density at radius 3 is 2.23 bits per heavy atom. The number of benzene rings is 1. The van der Waals surface area contributed by atoms with Crippen molar-refractivity contribution in [3.05, 3.63) is 58.4 Å². The monoisotopic (exact) mass is 621 g/mol. The van der Waals surface area contributed by atoms with E-state index in [2.05, 4.69) is 20.4 Å². The summed E-state index contributed by atoms with van der Waals surface area (Å²) in [6.07, 6.45) is 6.28. The third kappa shape index (κ3) is 7.25. The smallest absolute Gasteiger partial charge is 0.354 e. The maximum Gasteiger partial charge on any atom is 0.354 e. The van der Waals surface area contributed by atoms with Gasteiger partial charge in [-0.25, -0.2) is 14.2 Å². The minimum absolute atomic E-state index is 0. The molecule has 0 saturated heterocycles. The number of ether oxygens (including phenoxy) is 1. The molecule has 0 radical (unpaired) electrons. The van der Waals surface area contributed by atoms with Crippen molar-refractivity contribution >= 4 is 41.9 Å². The van der Waals surface area contributed by atoms with Crippen LogP contribution in [0.25, 0.3) is 5.78 Å². The molecule has 3 aromatic rings. The Kier molecular flexibility index (Phi) is 11.3. The molecule has 0 aliphatic heterocycles. The van der Waals surface area contributed by atoms with Crippen LogP contribution in [-0.2, 0) is 16.1 Å². The number of carbonyl (C=O) groups is 4. The number of esters is 1. The van der Waals surface area contributed by atoms with Gasteiger partial charge >= 0.3 is 11.9 Å². The highest BCUT2D eigenvalue weighted by Gasteiger charge is 2.52. The maximum absolute atomic E-state index is 13.3. The molecule has 1 aromatic carbocycles. The van der Waals surface area contributed by atoms with Crippen LogP contribution in [0.3, 0.4) is 0 Å². The third-order valence-corrected chi connectivity index (χ3v) is 8.11. The average molecular weight is 622 g/mol. The molecule has 6 N–H and O–H groups in total. The Balaban J connectivity index is 0.000000342. The number of aromatic carboxylic acids is 1. The summed E-state index contributed by atoms with van der Waals surface area (Å²) in [5.74, 6) is -4.08. The van der Waals surface area contributed by atoms with Crippen molar-refractivity contribution < 1.29 is 33.4 Å². The van der Waals surface area contributed by atoms with Crippen LogP contribution < -0.4 is 16.8 Å². The molecule has 3 aliphatic carbocycles. The van der Waals surface area contributed by atoms with Crippen molar-refractivity contribution in [3.63, 3.8) is 0 Å². The largest absolute Gasteiger partial charge is 0.477 e. The van der Waals surface area contributed by atoms with Crippen LogP contribution in [-0.4, -0.2) is 62.1 Å². The summed E-state index contributed by atoms with van der Waals surface area (Å²) in [4.78, 5) is 54.3. The van der Waals surface area contributed by atoms with Crippen molar-refractivity contribution in [3.8, 4) is 0 Å². The van der Waals surface area contributed by atoms with E-state index in [0.717, 1.165) is 55.7 Å². The number of nitrogens with two attached hydrogens (primary N) is 2.